The number of hydrogen-bond donors (Lipinski definition) is 3. The molecule has 136 valence electrons. The summed E-state index contributed by atoms with van der Waals surface area (Å²) in [4.78, 5) is 11.3. The molecule has 2 aliphatic rings. The van der Waals surface area contributed by atoms with Crippen molar-refractivity contribution in [2.45, 2.75) is 57.5 Å². The Hall–Kier alpha value is -0.531. The third-order valence-corrected chi connectivity index (χ3v) is 7.54. The summed E-state index contributed by atoms with van der Waals surface area (Å²) in [5.41, 5.74) is 4.48. The van der Waals surface area contributed by atoms with Gasteiger partial charge in [-0.1, -0.05) is 13.8 Å². The van der Waals surface area contributed by atoms with Crippen LogP contribution in [0.15, 0.2) is 32.9 Å². The number of alkyl halides is 2. The summed E-state index contributed by atoms with van der Waals surface area (Å²) in [6.45, 7) is 4.00. The van der Waals surface area contributed by atoms with Crippen LogP contribution in [-0.2, 0) is 4.79 Å². The fourth-order valence-corrected chi connectivity index (χ4v) is 5.44. The minimum absolute atomic E-state index is 0.0517. The van der Waals surface area contributed by atoms with E-state index >= 15 is 0 Å². The number of primary amides is 1. The minimum atomic E-state index is -2.69. The molecule has 0 spiro atoms. The van der Waals surface area contributed by atoms with Crippen molar-refractivity contribution in [3.8, 4) is 0 Å². The van der Waals surface area contributed by atoms with E-state index in [2.05, 4.69) is 15.9 Å². The standard InChI is InChI=1S/C14H17BrF2N2O2Se.C2H6/c15-10-2-1-9(12(18)20)3-8-19-22-11(10)13(21)4-6-14(16,17)7-5-13;1-2/h1,3,8,19,21H,2,4-7H2,(H2,18,20);1-2H3/p+1/b8-3-,9-1+,11-10+;. The molecule has 5 N–H and O–H groups in total. The molecule has 0 saturated heterocycles. The Labute approximate surface area is 156 Å². The molecule has 0 aromatic heterocycles. The molecule has 0 unspecified atom stereocenters. The normalized spacial score (nSPS) is 29.7. The monoisotopic (exact) mass is 473 g/mol. The first kappa shape index (κ1) is 21.5. The average molecular weight is 473 g/mol. The summed E-state index contributed by atoms with van der Waals surface area (Å²) in [7, 11) is 0. The van der Waals surface area contributed by atoms with Crippen LogP contribution in [0.25, 0.3) is 0 Å². The Balaban J connectivity index is 0.00000139. The van der Waals surface area contributed by atoms with Gasteiger partial charge in [0.2, 0.25) is 0 Å². The quantitative estimate of drug-likeness (QED) is 0.538. The molecule has 1 aliphatic carbocycles. The van der Waals surface area contributed by atoms with Gasteiger partial charge in [-0.15, -0.1) is 0 Å². The third-order valence-electron chi connectivity index (χ3n) is 3.80. The second-order valence-electron chi connectivity index (χ2n) is 5.46. The van der Waals surface area contributed by atoms with Gasteiger partial charge in [-0.25, -0.2) is 0 Å². The molecule has 1 saturated carbocycles. The van der Waals surface area contributed by atoms with Crippen LogP contribution in [0, 0.1) is 0 Å². The van der Waals surface area contributed by atoms with Crippen LogP contribution in [0.1, 0.15) is 46.0 Å². The summed E-state index contributed by atoms with van der Waals surface area (Å²) in [6, 6.07) is 0. The number of nitrogens with two attached hydrogens (primary N) is 2. The van der Waals surface area contributed by atoms with Gasteiger partial charge >= 0.3 is 142 Å². The van der Waals surface area contributed by atoms with Gasteiger partial charge in [-0.3, -0.25) is 0 Å². The van der Waals surface area contributed by atoms with E-state index < -0.39 is 17.4 Å². The zero-order chi connectivity index (χ0) is 18.4. The van der Waals surface area contributed by atoms with E-state index in [1.165, 1.54) is 0 Å². The number of allylic oxidation sites excluding steroid dienone is 2. The maximum absolute atomic E-state index is 13.3. The van der Waals surface area contributed by atoms with Crippen LogP contribution in [0.3, 0.4) is 0 Å². The van der Waals surface area contributed by atoms with E-state index in [0.717, 1.165) is 8.95 Å². The number of rotatable bonds is 2. The van der Waals surface area contributed by atoms with Crippen molar-refractivity contribution >= 4 is 37.0 Å². The van der Waals surface area contributed by atoms with Crippen molar-refractivity contribution in [1.29, 1.82) is 0 Å². The van der Waals surface area contributed by atoms with Crippen molar-refractivity contribution in [3.05, 3.63) is 32.9 Å². The number of carbonyl (C=O) groups excluding carboxylic acids is 1. The Morgan fingerprint density at radius 1 is 1.33 bits per heavy atom. The van der Waals surface area contributed by atoms with E-state index in [4.69, 9.17) is 5.73 Å². The van der Waals surface area contributed by atoms with Crippen molar-refractivity contribution in [2.24, 2.45) is 5.73 Å². The molecule has 1 aliphatic heterocycles. The van der Waals surface area contributed by atoms with Crippen LogP contribution in [-0.4, -0.2) is 37.7 Å². The summed E-state index contributed by atoms with van der Waals surface area (Å²) in [5, 5.41) is 10.8. The predicted molar refractivity (Wildman–Crippen MR) is 94.4 cm³/mol. The Kier molecular flexibility index (Phi) is 8.29. The van der Waals surface area contributed by atoms with Gasteiger partial charge in [0.15, 0.2) is 0 Å². The van der Waals surface area contributed by atoms with Gasteiger partial charge in [0.25, 0.3) is 0 Å². The molecule has 0 aromatic carbocycles. The van der Waals surface area contributed by atoms with Crippen LogP contribution in [0.5, 0.6) is 0 Å². The molecule has 2 rings (SSSR count). The van der Waals surface area contributed by atoms with Crippen molar-refractivity contribution in [2.75, 3.05) is 0 Å². The van der Waals surface area contributed by atoms with Gasteiger partial charge in [-0.05, 0) is 0 Å². The Morgan fingerprint density at radius 2 is 1.92 bits per heavy atom. The molecule has 1 fully saturated rings. The second-order valence-corrected chi connectivity index (χ2v) is 8.34. The number of hydrogen-bond acceptors (Lipinski definition) is 2. The molecule has 8 heteroatoms. The molecular formula is C16H24BrF2N2O2Se+. The second kappa shape index (κ2) is 9.25. The first-order valence-corrected chi connectivity index (χ1v) is 10.5. The average Bonchev–Trinajstić information content (AvgIpc) is 2.63. The first-order valence-electron chi connectivity index (χ1n) is 7.89. The third kappa shape index (κ3) is 5.77. The van der Waals surface area contributed by atoms with Crippen LogP contribution < -0.4 is 10.1 Å². The van der Waals surface area contributed by atoms with Crippen molar-refractivity contribution in [3.63, 3.8) is 0 Å². The van der Waals surface area contributed by atoms with Gasteiger partial charge in [0.1, 0.15) is 0 Å². The number of quaternary nitrogens is 1. The van der Waals surface area contributed by atoms with E-state index in [1.54, 1.807) is 18.4 Å². The van der Waals surface area contributed by atoms with Crippen molar-refractivity contribution in [1.82, 2.24) is 0 Å². The molecule has 0 radical (unpaired) electrons. The number of amides is 1. The van der Waals surface area contributed by atoms with Gasteiger partial charge < -0.3 is 0 Å². The fourth-order valence-electron chi connectivity index (χ4n) is 2.48. The molecule has 0 aromatic rings. The van der Waals surface area contributed by atoms with E-state index in [1.807, 2.05) is 18.2 Å². The molecule has 24 heavy (non-hydrogen) atoms. The maximum atomic E-state index is 13.3. The van der Waals surface area contributed by atoms with E-state index in [0.29, 0.717) is 12.0 Å². The zero-order valence-electron chi connectivity index (χ0n) is 13.8. The molecule has 1 amide bonds. The Morgan fingerprint density at radius 3 is 2.46 bits per heavy atom. The SMILES string of the molecule is CC.NC(=O)C1=C/C/C(Br)=C(/C2(O)CCC(F)(F)CC2)[Se][NH2+]/C=C\1. The van der Waals surface area contributed by atoms with Crippen LogP contribution in [0.2, 0.25) is 0 Å². The predicted octanol–water partition coefficient (Wildman–Crippen LogP) is 2.07. The number of halogens is 3. The first-order chi connectivity index (χ1) is 11.2. The van der Waals surface area contributed by atoms with Gasteiger partial charge in [-0.2, -0.15) is 0 Å². The Bertz CT molecular complexity index is 552. The topological polar surface area (TPSA) is 79.9 Å². The summed E-state index contributed by atoms with van der Waals surface area (Å²) in [6.07, 6.45) is 4.94. The van der Waals surface area contributed by atoms with Crippen LogP contribution >= 0.6 is 15.9 Å². The van der Waals surface area contributed by atoms with Crippen molar-refractivity contribution < 1.29 is 23.0 Å². The summed E-state index contributed by atoms with van der Waals surface area (Å²) in [5.74, 6) is -3.20. The number of carbonyl (C=O) groups is 1. The molecule has 0 atom stereocenters. The molecule has 0 bridgehead atoms. The van der Waals surface area contributed by atoms with Gasteiger partial charge in [0, 0.05) is 0 Å². The fraction of sp³-hybridized carbons (Fsp3) is 0.562. The van der Waals surface area contributed by atoms with Gasteiger partial charge in [0.05, 0.1) is 0 Å². The molecular weight excluding hydrogens is 449 g/mol. The summed E-state index contributed by atoms with van der Waals surface area (Å²) < 4.78 is 30.1. The zero-order valence-corrected chi connectivity index (χ0v) is 17.1. The van der Waals surface area contributed by atoms with Crippen LogP contribution in [0.4, 0.5) is 8.78 Å². The molecule has 1 heterocycles. The number of aliphatic hydroxyl groups is 1. The van der Waals surface area contributed by atoms with E-state index in [-0.39, 0.29) is 40.9 Å². The molecule has 4 nitrogen and oxygen atoms in total. The van der Waals surface area contributed by atoms with E-state index in [9.17, 15) is 18.7 Å². The summed E-state index contributed by atoms with van der Waals surface area (Å²) >= 11 is 3.27.